The predicted octanol–water partition coefficient (Wildman–Crippen LogP) is 1.04. The summed E-state index contributed by atoms with van der Waals surface area (Å²) in [6.45, 7) is 3.99. The standard InChI is InChI=1S/C8H12F4N4O2S/c1-7(2,3)16-5(8(11,12)4(9)10)14-15-6(16)19(13,17)18/h4H,1-3H3,(H2,13,17,18). The number of primary sulfonamides is 1. The molecule has 0 atom stereocenters. The van der Waals surface area contributed by atoms with Crippen molar-refractivity contribution in [3.05, 3.63) is 5.82 Å². The fourth-order valence-corrected chi connectivity index (χ4v) is 2.14. The zero-order valence-electron chi connectivity index (χ0n) is 10.2. The quantitative estimate of drug-likeness (QED) is 0.845. The van der Waals surface area contributed by atoms with Gasteiger partial charge >= 0.3 is 12.3 Å². The highest BCUT2D eigenvalue weighted by molar-refractivity contribution is 7.89. The van der Waals surface area contributed by atoms with E-state index in [0.717, 1.165) is 0 Å². The number of sulfonamides is 1. The van der Waals surface area contributed by atoms with E-state index in [-0.39, 0.29) is 0 Å². The maximum atomic E-state index is 13.4. The average Bonchev–Trinajstić information content (AvgIpc) is 2.59. The Bertz CT molecular complexity index is 576. The fourth-order valence-electron chi connectivity index (χ4n) is 1.37. The number of aromatic nitrogens is 3. The SMILES string of the molecule is CC(C)(C)n1c(C(F)(F)C(F)F)nnc1S(N)(=O)=O. The molecule has 0 saturated heterocycles. The van der Waals surface area contributed by atoms with Gasteiger partial charge in [0.05, 0.1) is 0 Å². The van der Waals surface area contributed by atoms with E-state index >= 15 is 0 Å². The van der Waals surface area contributed by atoms with Crippen LogP contribution in [0.3, 0.4) is 0 Å². The van der Waals surface area contributed by atoms with Crippen LogP contribution in [0, 0.1) is 0 Å². The molecule has 0 aliphatic carbocycles. The summed E-state index contributed by atoms with van der Waals surface area (Å²) in [6, 6.07) is 0. The van der Waals surface area contributed by atoms with Crippen LogP contribution in [0.1, 0.15) is 26.6 Å². The van der Waals surface area contributed by atoms with Crippen molar-refractivity contribution < 1.29 is 26.0 Å². The molecule has 6 nitrogen and oxygen atoms in total. The monoisotopic (exact) mass is 304 g/mol. The molecule has 0 fully saturated rings. The van der Waals surface area contributed by atoms with Crippen molar-refractivity contribution in [1.29, 1.82) is 0 Å². The van der Waals surface area contributed by atoms with Crippen LogP contribution in [0.25, 0.3) is 0 Å². The second-order valence-electron chi connectivity index (χ2n) is 4.78. The molecular formula is C8H12F4N4O2S. The molecule has 19 heavy (non-hydrogen) atoms. The first-order valence-electron chi connectivity index (χ1n) is 4.94. The van der Waals surface area contributed by atoms with Crippen LogP contribution < -0.4 is 5.14 Å². The predicted molar refractivity (Wildman–Crippen MR) is 56.3 cm³/mol. The summed E-state index contributed by atoms with van der Waals surface area (Å²) in [6.07, 6.45) is -4.05. The van der Waals surface area contributed by atoms with Crippen LogP contribution in [0.2, 0.25) is 0 Å². The maximum absolute atomic E-state index is 13.4. The van der Waals surface area contributed by atoms with Crippen LogP contribution in [0.15, 0.2) is 5.16 Å². The Morgan fingerprint density at radius 1 is 1.21 bits per heavy atom. The lowest BCUT2D eigenvalue weighted by molar-refractivity contribution is -0.144. The molecule has 0 spiro atoms. The zero-order chi connectivity index (χ0) is 15.2. The molecular weight excluding hydrogens is 292 g/mol. The molecule has 2 N–H and O–H groups in total. The molecule has 0 radical (unpaired) electrons. The van der Waals surface area contributed by atoms with E-state index in [2.05, 4.69) is 10.2 Å². The molecule has 0 bridgehead atoms. The number of hydrogen-bond acceptors (Lipinski definition) is 4. The first-order chi connectivity index (χ1) is 8.29. The van der Waals surface area contributed by atoms with Gasteiger partial charge in [-0.15, -0.1) is 10.2 Å². The van der Waals surface area contributed by atoms with Gasteiger partial charge in [-0.2, -0.15) is 8.78 Å². The summed E-state index contributed by atoms with van der Waals surface area (Å²) < 4.78 is 74.3. The molecule has 0 aromatic carbocycles. The Hall–Kier alpha value is -1.23. The fraction of sp³-hybridized carbons (Fsp3) is 0.750. The van der Waals surface area contributed by atoms with Gasteiger partial charge in [0.25, 0.3) is 15.2 Å². The van der Waals surface area contributed by atoms with Crippen LogP contribution in [-0.2, 0) is 21.5 Å². The Kier molecular flexibility index (Phi) is 3.67. The van der Waals surface area contributed by atoms with Gasteiger partial charge in [-0.3, -0.25) is 4.57 Å². The summed E-state index contributed by atoms with van der Waals surface area (Å²) >= 11 is 0. The molecule has 0 amide bonds. The lowest BCUT2D eigenvalue weighted by Crippen LogP contribution is -2.36. The molecule has 0 saturated carbocycles. The van der Waals surface area contributed by atoms with Gasteiger partial charge in [-0.1, -0.05) is 0 Å². The minimum absolute atomic E-state index is 0.397. The third kappa shape index (κ3) is 2.86. The van der Waals surface area contributed by atoms with E-state index in [0.29, 0.717) is 4.57 Å². The van der Waals surface area contributed by atoms with Gasteiger partial charge in [-0.25, -0.2) is 22.3 Å². The van der Waals surface area contributed by atoms with Crippen molar-refractivity contribution in [3.8, 4) is 0 Å². The van der Waals surface area contributed by atoms with E-state index < -0.39 is 38.9 Å². The van der Waals surface area contributed by atoms with Gasteiger partial charge < -0.3 is 0 Å². The molecule has 0 unspecified atom stereocenters. The Labute approximate surface area is 106 Å². The number of alkyl halides is 4. The van der Waals surface area contributed by atoms with E-state index in [1.165, 1.54) is 20.8 Å². The van der Waals surface area contributed by atoms with Crippen LogP contribution >= 0.6 is 0 Å². The molecule has 1 rings (SSSR count). The molecule has 11 heteroatoms. The zero-order valence-corrected chi connectivity index (χ0v) is 11.0. The third-order valence-electron chi connectivity index (χ3n) is 2.13. The summed E-state index contributed by atoms with van der Waals surface area (Å²) in [5, 5.41) is 9.67. The second kappa shape index (κ2) is 4.40. The normalized spacial score (nSPS) is 14.2. The molecule has 1 aromatic heterocycles. The van der Waals surface area contributed by atoms with Crippen molar-refractivity contribution in [2.75, 3.05) is 0 Å². The Morgan fingerprint density at radius 2 is 1.68 bits per heavy atom. The highest BCUT2D eigenvalue weighted by atomic mass is 32.2. The minimum atomic E-state index is -4.64. The van der Waals surface area contributed by atoms with E-state index in [1.807, 2.05) is 0 Å². The largest absolute Gasteiger partial charge is 0.365 e. The molecule has 0 aliphatic rings. The first-order valence-corrected chi connectivity index (χ1v) is 6.49. The number of nitrogens with zero attached hydrogens (tertiary/aromatic N) is 3. The van der Waals surface area contributed by atoms with Crippen molar-refractivity contribution >= 4 is 10.0 Å². The van der Waals surface area contributed by atoms with E-state index in [4.69, 9.17) is 5.14 Å². The number of hydrogen-bond donors (Lipinski definition) is 1. The third-order valence-corrected chi connectivity index (χ3v) is 2.90. The van der Waals surface area contributed by atoms with Gasteiger partial charge in [0.15, 0.2) is 0 Å². The molecule has 110 valence electrons. The number of rotatable bonds is 3. The lowest BCUT2D eigenvalue weighted by atomic mass is 10.1. The lowest BCUT2D eigenvalue weighted by Gasteiger charge is -2.26. The second-order valence-corrected chi connectivity index (χ2v) is 6.24. The van der Waals surface area contributed by atoms with Gasteiger partial charge in [0.1, 0.15) is 0 Å². The first kappa shape index (κ1) is 15.8. The smallest absolute Gasteiger partial charge is 0.290 e. The van der Waals surface area contributed by atoms with Crippen molar-refractivity contribution in [2.45, 2.75) is 43.8 Å². The topological polar surface area (TPSA) is 90.9 Å². The van der Waals surface area contributed by atoms with Gasteiger partial charge in [0, 0.05) is 5.54 Å². The number of nitrogens with two attached hydrogens (primary N) is 1. The van der Waals surface area contributed by atoms with Crippen molar-refractivity contribution in [3.63, 3.8) is 0 Å². The van der Waals surface area contributed by atoms with Crippen molar-refractivity contribution in [2.24, 2.45) is 5.14 Å². The highest BCUT2D eigenvalue weighted by Gasteiger charge is 2.50. The van der Waals surface area contributed by atoms with E-state index in [9.17, 15) is 26.0 Å². The minimum Gasteiger partial charge on any atom is -0.290 e. The summed E-state index contributed by atoms with van der Waals surface area (Å²) in [5.41, 5.74) is -1.28. The van der Waals surface area contributed by atoms with Crippen LogP contribution in [-0.4, -0.2) is 29.6 Å². The molecule has 1 aromatic rings. The summed E-state index contributed by atoms with van der Waals surface area (Å²) in [4.78, 5) is 0. The highest BCUT2D eigenvalue weighted by Crippen LogP contribution is 2.36. The van der Waals surface area contributed by atoms with Gasteiger partial charge in [-0.05, 0) is 20.8 Å². The average molecular weight is 304 g/mol. The number of halogens is 4. The maximum Gasteiger partial charge on any atom is 0.365 e. The van der Waals surface area contributed by atoms with Crippen molar-refractivity contribution in [1.82, 2.24) is 14.8 Å². The van der Waals surface area contributed by atoms with Gasteiger partial charge in [0.2, 0.25) is 5.82 Å². The Balaban J connectivity index is 3.67. The molecule has 0 aliphatic heterocycles. The summed E-state index contributed by atoms with van der Waals surface area (Å²) in [5.74, 6) is -6.08. The summed E-state index contributed by atoms with van der Waals surface area (Å²) in [7, 11) is -4.47. The Morgan fingerprint density at radius 3 is 2.00 bits per heavy atom. The van der Waals surface area contributed by atoms with E-state index in [1.54, 1.807) is 0 Å². The molecule has 1 heterocycles. The van der Waals surface area contributed by atoms with Crippen LogP contribution in [0.4, 0.5) is 17.6 Å². The van der Waals surface area contributed by atoms with Crippen LogP contribution in [0.5, 0.6) is 0 Å².